The summed E-state index contributed by atoms with van der Waals surface area (Å²) in [5.41, 5.74) is 4.61. The molecule has 2 aliphatic heterocycles. The Morgan fingerprint density at radius 2 is 1.97 bits per heavy atom. The van der Waals surface area contributed by atoms with Gasteiger partial charge in [0, 0.05) is 64.6 Å². The van der Waals surface area contributed by atoms with E-state index in [0.717, 1.165) is 40.6 Å². The lowest BCUT2D eigenvalue weighted by atomic mass is 9.97. The van der Waals surface area contributed by atoms with E-state index in [1.54, 1.807) is 0 Å². The Hall–Kier alpha value is -2.83. The maximum Gasteiger partial charge on any atom is 0.253 e. The standard InChI is InChI=1S/C23H22ClN3O3/c24-18-3-2-16(21-17(18)11-25-22(21)29)20-10-15-9-14(1-4-19(15)26-20)23(30)27-7-5-13(12-28)6-8-27/h1-4,9-10,13,26,28H,5-8,11-12H2,(H,25,29). The molecule has 0 atom stereocenters. The number of hydrogen-bond acceptors (Lipinski definition) is 3. The van der Waals surface area contributed by atoms with Crippen LogP contribution < -0.4 is 5.32 Å². The molecule has 2 aliphatic rings. The average molecular weight is 424 g/mol. The number of rotatable bonds is 3. The van der Waals surface area contributed by atoms with E-state index >= 15 is 0 Å². The molecule has 3 heterocycles. The van der Waals surface area contributed by atoms with Gasteiger partial charge in [-0.15, -0.1) is 0 Å². The number of aromatic amines is 1. The van der Waals surface area contributed by atoms with Crippen LogP contribution in [0.25, 0.3) is 22.2 Å². The second kappa shape index (κ2) is 7.45. The normalized spacial score (nSPS) is 16.7. The zero-order valence-corrected chi connectivity index (χ0v) is 17.1. The van der Waals surface area contributed by atoms with Crippen LogP contribution in [0.2, 0.25) is 5.02 Å². The Bertz CT molecular complexity index is 1160. The van der Waals surface area contributed by atoms with E-state index in [4.69, 9.17) is 11.6 Å². The lowest BCUT2D eigenvalue weighted by Crippen LogP contribution is -2.39. The number of aliphatic hydroxyl groups is 1. The predicted molar refractivity (Wildman–Crippen MR) is 116 cm³/mol. The van der Waals surface area contributed by atoms with Crippen LogP contribution in [0.15, 0.2) is 36.4 Å². The van der Waals surface area contributed by atoms with Gasteiger partial charge in [-0.25, -0.2) is 0 Å². The fourth-order valence-corrected chi connectivity index (χ4v) is 4.67. The van der Waals surface area contributed by atoms with Gasteiger partial charge in [0.2, 0.25) is 0 Å². The van der Waals surface area contributed by atoms with Crippen molar-refractivity contribution in [2.45, 2.75) is 19.4 Å². The van der Waals surface area contributed by atoms with E-state index in [0.29, 0.717) is 41.7 Å². The number of nitrogens with one attached hydrogen (secondary N) is 2. The van der Waals surface area contributed by atoms with Crippen LogP contribution in [0.4, 0.5) is 0 Å². The molecule has 6 nitrogen and oxygen atoms in total. The first-order valence-corrected chi connectivity index (χ1v) is 10.6. The fraction of sp³-hybridized carbons (Fsp3) is 0.304. The number of aliphatic hydroxyl groups excluding tert-OH is 1. The number of H-pyrrole nitrogens is 1. The number of hydrogen-bond donors (Lipinski definition) is 3. The van der Waals surface area contributed by atoms with Crippen LogP contribution in [0.1, 0.15) is 39.1 Å². The molecule has 3 aromatic rings. The number of piperidine rings is 1. The lowest BCUT2D eigenvalue weighted by Gasteiger charge is -2.31. The SMILES string of the molecule is O=C1NCc2c(Cl)ccc(-c3cc4cc(C(=O)N5CCC(CO)CC5)ccc4[nH]3)c21. The molecule has 2 aromatic carbocycles. The smallest absolute Gasteiger partial charge is 0.253 e. The summed E-state index contributed by atoms with van der Waals surface area (Å²) < 4.78 is 0. The monoisotopic (exact) mass is 423 g/mol. The van der Waals surface area contributed by atoms with Gasteiger partial charge >= 0.3 is 0 Å². The molecule has 7 heteroatoms. The van der Waals surface area contributed by atoms with Gasteiger partial charge in [0.05, 0.1) is 5.56 Å². The molecule has 30 heavy (non-hydrogen) atoms. The molecule has 0 unspecified atom stereocenters. The van der Waals surface area contributed by atoms with Gasteiger partial charge in [-0.05, 0) is 49.1 Å². The minimum absolute atomic E-state index is 0.0165. The molecule has 154 valence electrons. The number of carbonyl (C=O) groups is 2. The van der Waals surface area contributed by atoms with Crippen LogP contribution >= 0.6 is 11.6 Å². The van der Waals surface area contributed by atoms with Crippen LogP contribution in [-0.4, -0.2) is 46.5 Å². The van der Waals surface area contributed by atoms with Crippen LogP contribution in [-0.2, 0) is 6.54 Å². The maximum atomic E-state index is 12.9. The predicted octanol–water partition coefficient (Wildman–Crippen LogP) is 3.58. The highest BCUT2D eigenvalue weighted by Crippen LogP contribution is 2.35. The summed E-state index contributed by atoms with van der Waals surface area (Å²) in [5.74, 6) is 0.188. The Balaban J connectivity index is 1.47. The van der Waals surface area contributed by atoms with Crippen molar-refractivity contribution in [3.05, 3.63) is 58.1 Å². The number of amides is 2. The van der Waals surface area contributed by atoms with Crippen LogP contribution in [0, 0.1) is 5.92 Å². The van der Waals surface area contributed by atoms with Gasteiger partial charge in [-0.2, -0.15) is 0 Å². The Labute approximate surface area is 178 Å². The molecule has 0 radical (unpaired) electrons. The summed E-state index contributed by atoms with van der Waals surface area (Å²) in [5, 5.41) is 13.6. The zero-order chi connectivity index (χ0) is 20.8. The van der Waals surface area contributed by atoms with E-state index in [1.165, 1.54) is 0 Å². The van der Waals surface area contributed by atoms with Crippen molar-refractivity contribution in [3.8, 4) is 11.3 Å². The highest BCUT2D eigenvalue weighted by Gasteiger charge is 2.27. The lowest BCUT2D eigenvalue weighted by molar-refractivity contribution is 0.0651. The highest BCUT2D eigenvalue weighted by atomic mass is 35.5. The van der Waals surface area contributed by atoms with Gasteiger partial charge in [-0.1, -0.05) is 17.7 Å². The quantitative estimate of drug-likeness (QED) is 0.602. The first-order valence-electron chi connectivity index (χ1n) is 10.2. The molecule has 5 rings (SSSR count). The summed E-state index contributed by atoms with van der Waals surface area (Å²) >= 11 is 6.26. The third-order valence-corrected chi connectivity index (χ3v) is 6.58. The van der Waals surface area contributed by atoms with Crippen molar-refractivity contribution in [1.82, 2.24) is 15.2 Å². The van der Waals surface area contributed by atoms with Gasteiger partial charge in [0.1, 0.15) is 0 Å². The first-order chi connectivity index (χ1) is 14.5. The van der Waals surface area contributed by atoms with Gasteiger partial charge in [0.15, 0.2) is 0 Å². The molecule has 1 fully saturated rings. The largest absolute Gasteiger partial charge is 0.396 e. The van der Waals surface area contributed by atoms with E-state index in [-0.39, 0.29) is 18.4 Å². The molecule has 0 bridgehead atoms. The molecular formula is C23H22ClN3O3. The number of fused-ring (bicyclic) bond motifs is 2. The van der Waals surface area contributed by atoms with Crippen LogP contribution in [0.3, 0.4) is 0 Å². The van der Waals surface area contributed by atoms with Crippen molar-refractivity contribution in [3.63, 3.8) is 0 Å². The number of halogens is 1. The second-order valence-corrected chi connectivity index (χ2v) is 8.44. The van der Waals surface area contributed by atoms with Gasteiger partial charge in [0.25, 0.3) is 11.8 Å². The third kappa shape index (κ3) is 3.16. The van der Waals surface area contributed by atoms with Crippen molar-refractivity contribution < 1.29 is 14.7 Å². The zero-order valence-electron chi connectivity index (χ0n) is 16.4. The molecule has 1 aromatic heterocycles. The van der Waals surface area contributed by atoms with Crippen molar-refractivity contribution in [2.24, 2.45) is 5.92 Å². The molecule has 1 saturated heterocycles. The molecular weight excluding hydrogens is 402 g/mol. The number of carbonyl (C=O) groups excluding carboxylic acids is 2. The molecule has 2 amide bonds. The number of benzene rings is 2. The second-order valence-electron chi connectivity index (χ2n) is 8.03. The van der Waals surface area contributed by atoms with Gasteiger partial charge < -0.3 is 20.3 Å². The van der Waals surface area contributed by atoms with E-state index < -0.39 is 0 Å². The molecule has 0 saturated carbocycles. The van der Waals surface area contributed by atoms with Crippen molar-refractivity contribution >= 4 is 34.3 Å². The Morgan fingerprint density at radius 3 is 2.73 bits per heavy atom. The van der Waals surface area contributed by atoms with Crippen LogP contribution in [0.5, 0.6) is 0 Å². The topological polar surface area (TPSA) is 85.4 Å². The summed E-state index contributed by atoms with van der Waals surface area (Å²) in [6, 6.07) is 11.3. The maximum absolute atomic E-state index is 12.9. The average Bonchev–Trinajstić information content (AvgIpc) is 3.37. The Morgan fingerprint density at radius 1 is 1.17 bits per heavy atom. The summed E-state index contributed by atoms with van der Waals surface area (Å²) in [4.78, 5) is 30.5. The number of nitrogens with zero attached hydrogens (tertiary/aromatic N) is 1. The van der Waals surface area contributed by atoms with Crippen molar-refractivity contribution in [2.75, 3.05) is 19.7 Å². The summed E-state index contributed by atoms with van der Waals surface area (Å²) in [7, 11) is 0. The first kappa shape index (κ1) is 19.2. The van der Waals surface area contributed by atoms with Gasteiger partial charge in [-0.3, -0.25) is 9.59 Å². The van der Waals surface area contributed by atoms with Crippen molar-refractivity contribution in [1.29, 1.82) is 0 Å². The minimum Gasteiger partial charge on any atom is -0.396 e. The summed E-state index contributed by atoms with van der Waals surface area (Å²) in [6.45, 7) is 1.97. The van der Waals surface area contributed by atoms with E-state index in [2.05, 4.69) is 10.3 Å². The fourth-order valence-electron chi connectivity index (χ4n) is 4.45. The molecule has 0 spiro atoms. The molecule has 0 aliphatic carbocycles. The number of aromatic nitrogens is 1. The molecule has 3 N–H and O–H groups in total. The Kier molecular flexibility index (Phi) is 4.76. The highest BCUT2D eigenvalue weighted by molar-refractivity contribution is 6.32. The third-order valence-electron chi connectivity index (χ3n) is 6.23. The minimum atomic E-state index is -0.122. The van der Waals surface area contributed by atoms with E-state index in [9.17, 15) is 14.7 Å². The number of likely N-dealkylation sites (tertiary alicyclic amines) is 1. The summed E-state index contributed by atoms with van der Waals surface area (Å²) in [6.07, 6.45) is 1.67. The van der Waals surface area contributed by atoms with E-state index in [1.807, 2.05) is 41.3 Å².